The standard InChI is InChI=1S/C30H25FN4O5/c1-17-18(2)34-35(21-9-7-20(31)8-10-21)30(37)27(17)24(36)15-19-5-11-22(12-6-19)40-25-13-14-32-23-16-26(38-3)29(39-4)33-28(23)25/h5-14,16H,15H2,1-4H3. The third-order valence-corrected chi connectivity index (χ3v) is 6.46. The number of pyridine rings is 2. The molecule has 9 nitrogen and oxygen atoms in total. The van der Waals surface area contributed by atoms with Crippen molar-refractivity contribution < 1.29 is 23.4 Å². The van der Waals surface area contributed by atoms with Gasteiger partial charge in [0.05, 0.1) is 36.7 Å². The summed E-state index contributed by atoms with van der Waals surface area (Å²) in [6.45, 7) is 3.42. The van der Waals surface area contributed by atoms with Gasteiger partial charge in [-0.2, -0.15) is 9.78 Å². The fourth-order valence-electron chi connectivity index (χ4n) is 4.27. The highest BCUT2D eigenvalue weighted by molar-refractivity contribution is 5.98. The van der Waals surface area contributed by atoms with Gasteiger partial charge in [-0.1, -0.05) is 12.1 Å². The Morgan fingerprint density at radius 2 is 1.68 bits per heavy atom. The number of halogens is 1. The molecule has 0 saturated heterocycles. The Kier molecular flexibility index (Phi) is 7.24. The van der Waals surface area contributed by atoms with Gasteiger partial charge in [0, 0.05) is 24.8 Å². The second-order valence-electron chi connectivity index (χ2n) is 9.00. The number of carbonyl (C=O) groups is 1. The Morgan fingerprint density at radius 3 is 2.35 bits per heavy atom. The first kappa shape index (κ1) is 26.5. The number of carbonyl (C=O) groups excluding carboxylic acids is 1. The first-order valence-corrected chi connectivity index (χ1v) is 12.3. The van der Waals surface area contributed by atoms with Crippen LogP contribution in [-0.4, -0.2) is 39.8 Å². The minimum absolute atomic E-state index is 0.0000320. The maximum Gasteiger partial charge on any atom is 0.282 e. The highest BCUT2D eigenvalue weighted by Crippen LogP contribution is 2.34. The zero-order valence-corrected chi connectivity index (χ0v) is 22.3. The van der Waals surface area contributed by atoms with E-state index in [0.29, 0.717) is 56.7 Å². The number of hydrogen-bond donors (Lipinski definition) is 0. The first-order valence-electron chi connectivity index (χ1n) is 12.3. The molecule has 0 spiro atoms. The maximum absolute atomic E-state index is 13.4. The molecule has 0 fully saturated rings. The van der Waals surface area contributed by atoms with Crippen LogP contribution in [0.1, 0.15) is 27.2 Å². The molecule has 3 aromatic heterocycles. The van der Waals surface area contributed by atoms with Crippen LogP contribution < -0.4 is 19.8 Å². The average molecular weight is 541 g/mol. The lowest BCUT2D eigenvalue weighted by atomic mass is 10.00. The van der Waals surface area contributed by atoms with Crippen LogP contribution in [0.5, 0.6) is 23.1 Å². The minimum Gasteiger partial charge on any atom is -0.491 e. The second kappa shape index (κ2) is 10.9. The van der Waals surface area contributed by atoms with Crippen LogP contribution in [0, 0.1) is 19.7 Å². The molecule has 0 saturated carbocycles. The van der Waals surface area contributed by atoms with Crippen LogP contribution in [0.15, 0.2) is 71.7 Å². The summed E-state index contributed by atoms with van der Waals surface area (Å²) in [5.41, 5.74) is 2.69. The van der Waals surface area contributed by atoms with Gasteiger partial charge in [-0.3, -0.25) is 14.6 Å². The van der Waals surface area contributed by atoms with Crippen molar-refractivity contribution >= 4 is 16.8 Å². The Hall–Kier alpha value is -5.12. The van der Waals surface area contributed by atoms with E-state index in [1.165, 1.54) is 38.5 Å². The maximum atomic E-state index is 13.4. The van der Waals surface area contributed by atoms with Gasteiger partial charge in [-0.05, 0) is 61.4 Å². The molecule has 10 heteroatoms. The number of hydrogen-bond acceptors (Lipinski definition) is 8. The molecule has 2 aromatic carbocycles. The number of ether oxygens (including phenoxy) is 3. The molecular formula is C30H25FN4O5. The SMILES string of the molecule is COc1cc2nccc(Oc3ccc(CC(=O)c4c(C)c(C)nn(-c5ccc(F)cc5)c4=O)cc3)c2nc1OC. The molecule has 0 amide bonds. The van der Waals surface area contributed by atoms with Gasteiger partial charge in [-0.25, -0.2) is 9.37 Å². The largest absolute Gasteiger partial charge is 0.491 e. The van der Waals surface area contributed by atoms with Crippen LogP contribution in [-0.2, 0) is 6.42 Å². The molecule has 5 rings (SSSR count). The zero-order valence-electron chi connectivity index (χ0n) is 22.3. The van der Waals surface area contributed by atoms with Crippen LogP contribution in [0.4, 0.5) is 4.39 Å². The minimum atomic E-state index is -0.552. The molecule has 40 heavy (non-hydrogen) atoms. The molecule has 202 valence electrons. The molecule has 5 aromatic rings. The van der Waals surface area contributed by atoms with E-state index in [1.807, 2.05) is 0 Å². The van der Waals surface area contributed by atoms with Crippen LogP contribution in [0.3, 0.4) is 0 Å². The third-order valence-electron chi connectivity index (χ3n) is 6.46. The normalized spacial score (nSPS) is 10.9. The van der Waals surface area contributed by atoms with Crippen molar-refractivity contribution in [3.8, 4) is 28.8 Å². The summed E-state index contributed by atoms with van der Waals surface area (Å²) >= 11 is 0. The number of benzene rings is 2. The van der Waals surface area contributed by atoms with Gasteiger partial charge < -0.3 is 14.2 Å². The number of nitrogens with zero attached hydrogens (tertiary/aromatic N) is 4. The summed E-state index contributed by atoms with van der Waals surface area (Å²) in [5.74, 6) is 0.981. The van der Waals surface area contributed by atoms with E-state index >= 15 is 0 Å². The molecule has 0 atom stereocenters. The molecule has 0 unspecified atom stereocenters. The molecule has 0 bridgehead atoms. The smallest absolute Gasteiger partial charge is 0.282 e. The van der Waals surface area contributed by atoms with Crippen molar-refractivity contribution in [1.29, 1.82) is 0 Å². The fraction of sp³-hybridized carbons (Fsp3) is 0.167. The summed E-state index contributed by atoms with van der Waals surface area (Å²) in [7, 11) is 3.02. The van der Waals surface area contributed by atoms with Gasteiger partial charge in [0.2, 0.25) is 0 Å². The molecule has 0 N–H and O–H groups in total. The lowest BCUT2D eigenvalue weighted by Crippen LogP contribution is -2.30. The molecule has 0 aliphatic carbocycles. The summed E-state index contributed by atoms with van der Waals surface area (Å²) < 4.78 is 31.2. The van der Waals surface area contributed by atoms with Gasteiger partial charge >= 0.3 is 0 Å². The number of rotatable bonds is 8. The number of Topliss-reactive ketones (excluding diaryl/α,β-unsaturated/α-hetero) is 1. The Morgan fingerprint density at radius 1 is 0.950 bits per heavy atom. The summed E-state index contributed by atoms with van der Waals surface area (Å²) in [5, 5.41) is 4.30. The monoisotopic (exact) mass is 540 g/mol. The topological polar surface area (TPSA) is 105 Å². The van der Waals surface area contributed by atoms with Gasteiger partial charge in [-0.15, -0.1) is 0 Å². The van der Waals surface area contributed by atoms with E-state index in [9.17, 15) is 14.0 Å². The van der Waals surface area contributed by atoms with Crippen LogP contribution in [0.25, 0.3) is 16.7 Å². The number of ketones is 1. The predicted molar refractivity (Wildman–Crippen MR) is 146 cm³/mol. The molecule has 3 heterocycles. The molecule has 0 radical (unpaired) electrons. The zero-order chi connectivity index (χ0) is 28.4. The van der Waals surface area contributed by atoms with Crippen molar-refractivity contribution in [3.05, 3.63) is 105 Å². The van der Waals surface area contributed by atoms with E-state index in [4.69, 9.17) is 14.2 Å². The summed E-state index contributed by atoms with van der Waals surface area (Å²) in [6, 6.07) is 15.8. The highest BCUT2D eigenvalue weighted by Gasteiger charge is 2.20. The number of fused-ring (bicyclic) bond motifs is 1. The van der Waals surface area contributed by atoms with Crippen molar-refractivity contribution in [2.45, 2.75) is 20.3 Å². The van der Waals surface area contributed by atoms with Gasteiger partial charge in [0.15, 0.2) is 17.3 Å². The molecule has 0 aliphatic rings. The van der Waals surface area contributed by atoms with E-state index in [-0.39, 0.29) is 17.8 Å². The predicted octanol–water partition coefficient (Wildman–Crippen LogP) is 5.17. The number of aryl methyl sites for hydroxylation is 1. The van der Waals surface area contributed by atoms with Gasteiger partial charge in [0.1, 0.15) is 17.1 Å². The van der Waals surface area contributed by atoms with Crippen molar-refractivity contribution in [2.24, 2.45) is 0 Å². The summed E-state index contributed by atoms with van der Waals surface area (Å²) in [6.07, 6.45) is 1.61. The number of aromatic nitrogens is 4. The van der Waals surface area contributed by atoms with E-state index in [1.54, 1.807) is 56.4 Å². The van der Waals surface area contributed by atoms with Crippen molar-refractivity contribution in [1.82, 2.24) is 19.7 Å². The lowest BCUT2D eigenvalue weighted by Gasteiger charge is -2.13. The fourth-order valence-corrected chi connectivity index (χ4v) is 4.27. The van der Waals surface area contributed by atoms with E-state index in [0.717, 1.165) is 4.68 Å². The van der Waals surface area contributed by atoms with Crippen LogP contribution in [0.2, 0.25) is 0 Å². The number of methoxy groups -OCH3 is 2. The Balaban J connectivity index is 1.39. The van der Waals surface area contributed by atoms with Crippen molar-refractivity contribution in [3.63, 3.8) is 0 Å². The Labute approximate surface area is 228 Å². The second-order valence-corrected chi connectivity index (χ2v) is 9.00. The molecular weight excluding hydrogens is 515 g/mol. The van der Waals surface area contributed by atoms with Crippen molar-refractivity contribution in [2.75, 3.05) is 14.2 Å². The Bertz CT molecular complexity index is 1780. The lowest BCUT2D eigenvalue weighted by molar-refractivity contribution is 0.0990. The molecule has 0 aliphatic heterocycles. The summed E-state index contributed by atoms with van der Waals surface area (Å²) in [4.78, 5) is 35.4. The van der Waals surface area contributed by atoms with E-state index < -0.39 is 11.4 Å². The van der Waals surface area contributed by atoms with Crippen LogP contribution >= 0.6 is 0 Å². The first-order chi connectivity index (χ1) is 19.3. The highest BCUT2D eigenvalue weighted by atomic mass is 19.1. The average Bonchev–Trinajstić information content (AvgIpc) is 2.96. The van der Waals surface area contributed by atoms with E-state index in [2.05, 4.69) is 15.1 Å². The quantitative estimate of drug-likeness (QED) is 0.248. The third kappa shape index (κ3) is 5.11. The van der Waals surface area contributed by atoms with Gasteiger partial charge in [0.25, 0.3) is 11.4 Å².